The molecule has 0 spiro atoms. The van der Waals surface area contributed by atoms with Crippen molar-refractivity contribution in [2.75, 3.05) is 0 Å². The quantitative estimate of drug-likeness (QED) is 0.771. The molecule has 0 fully saturated rings. The first-order chi connectivity index (χ1) is 8.43. The predicted molar refractivity (Wildman–Crippen MR) is 69.2 cm³/mol. The van der Waals surface area contributed by atoms with Gasteiger partial charge in [0.25, 0.3) is 0 Å². The summed E-state index contributed by atoms with van der Waals surface area (Å²) >= 11 is 0. The molecule has 0 amide bonds. The first kappa shape index (κ1) is 10.4. The summed E-state index contributed by atoms with van der Waals surface area (Å²) in [6.07, 6.45) is 3.64. The van der Waals surface area contributed by atoms with Gasteiger partial charge < -0.3 is 4.74 Å². The van der Waals surface area contributed by atoms with E-state index in [4.69, 9.17) is 4.74 Å². The van der Waals surface area contributed by atoms with Gasteiger partial charge in [-0.1, -0.05) is 42.5 Å². The molecule has 0 radical (unpaired) electrons. The summed E-state index contributed by atoms with van der Waals surface area (Å²) in [5.41, 5.74) is 4.11. The molecule has 0 atom stereocenters. The Bertz CT molecular complexity index is 502. The smallest absolute Gasteiger partial charge is 0.123 e. The summed E-state index contributed by atoms with van der Waals surface area (Å²) in [4.78, 5) is 0. The van der Waals surface area contributed by atoms with E-state index < -0.39 is 0 Å². The molecule has 0 aromatic heterocycles. The minimum Gasteiger partial charge on any atom is -0.489 e. The monoisotopic (exact) mass is 224 g/mol. The molecule has 2 aromatic rings. The highest BCUT2D eigenvalue weighted by Gasteiger charge is 2.14. The van der Waals surface area contributed by atoms with Crippen LogP contribution in [0.2, 0.25) is 0 Å². The molecule has 0 bridgehead atoms. The average molecular weight is 224 g/mol. The van der Waals surface area contributed by atoms with Crippen molar-refractivity contribution < 1.29 is 4.74 Å². The van der Waals surface area contributed by atoms with Crippen molar-refractivity contribution in [3.63, 3.8) is 0 Å². The van der Waals surface area contributed by atoms with Crippen LogP contribution in [0.5, 0.6) is 5.75 Å². The molecule has 1 aliphatic carbocycles. The van der Waals surface area contributed by atoms with E-state index in [1.807, 2.05) is 18.2 Å². The van der Waals surface area contributed by atoms with E-state index in [1.165, 1.54) is 36.0 Å². The zero-order valence-corrected chi connectivity index (χ0v) is 9.86. The number of hydrogen-bond acceptors (Lipinski definition) is 1. The summed E-state index contributed by atoms with van der Waals surface area (Å²) in [5, 5.41) is 0. The molecule has 0 unspecified atom stereocenters. The Balaban J connectivity index is 1.76. The molecule has 86 valence electrons. The van der Waals surface area contributed by atoms with Crippen molar-refractivity contribution in [3.8, 4) is 5.75 Å². The van der Waals surface area contributed by atoms with Crippen molar-refractivity contribution >= 4 is 0 Å². The van der Waals surface area contributed by atoms with Crippen LogP contribution in [0.3, 0.4) is 0 Å². The van der Waals surface area contributed by atoms with E-state index in [0.29, 0.717) is 6.61 Å². The van der Waals surface area contributed by atoms with Gasteiger partial charge in [0.2, 0.25) is 0 Å². The maximum atomic E-state index is 5.93. The zero-order chi connectivity index (χ0) is 11.5. The Morgan fingerprint density at radius 1 is 0.882 bits per heavy atom. The fraction of sp³-hybridized carbons (Fsp3) is 0.250. The summed E-state index contributed by atoms with van der Waals surface area (Å²) in [6.45, 7) is 0.664. The van der Waals surface area contributed by atoms with Crippen LogP contribution < -0.4 is 4.74 Å². The summed E-state index contributed by atoms with van der Waals surface area (Å²) in [6, 6.07) is 16.7. The lowest BCUT2D eigenvalue weighted by Gasteiger charge is -2.10. The second kappa shape index (κ2) is 4.62. The number of rotatable bonds is 3. The Kier molecular flexibility index (Phi) is 2.83. The van der Waals surface area contributed by atoms with Crippen molar-refractivity contribution in [2.45, 2.75) is 25.9 Å². The van der Waals surface area contributed by atoms with Gasteiger partial charge in [-0.2, -0.15) is 0 Å². The van der Waals surface area contributed by atoms with Gasteiger partial charge in [-0.25, -0.2) is 0 Å². The first-order valence-corrected chi connectivity index (χ1v) is 6.21. The van der Waals surface area contributed by atoms with Crippen LogP contribution in [0.4, 0.5) is 0 Å². The standard InChI is InChI=1S/C16H16O/c1-2-6-13(7-3-1)12-17-16-11-5-9-14-8-4-10-15(14)16/h1-3,5-7,9,11H,4,8,10,12H2. The third kappa shape index (κ3) is 2.19. The Labute approximate surface area is 102 Å². The molecule has 1 nitrogen and oxygen atoms in total. The van der Waals surface area contributed by atoms with Gasteiger partial charge in [-0.15, -0.1) is 0 Å². The van der Waals surface area contributed by atoms with Crippen LogP contribution in [0.25, 0.3) is 0 Å². The van der Waals surface area contributed by atoms with Crippen molar-refractivity contribution in [3.05, 3.63) is 65.2 Å². The third-order valence-electron chi connectivity index (χ3n) is 3.34. The van der Waals surface area contributed by atoms with E-state index in [0.717, 1.165) is 5.75 Å². The Morgan fingerprint density at radius 2 is 1.76 bits per heavy atom. The first-order valence-electron chi connectivity index (χ1n) is 6.21. The van der Waals surface area contributed by atoms with E-state index in [-0.39, 0.29) is 0 Å². The molecule has 0 N–H and O–H groups in total. The van der Waals surface area contributed by atoms with Crippen molar-refractivity contribution in [2.24, 2.45) is 0 Å². The second-order valence-electron chi connectivity index (χ2n) is 4.52. The fourth-order valence-corrected chi connectivity index (χ4v) is 2.46. The van der Waals surface area contributed by atoms with E-state index >= 15 is 0 Å². The van der Waals surface area contributed by atoms with Crippen LogP contribution in [0.1, 0.15) is 23.1 Å². The van der Waals surface area contributed by atoms with Gasteiger partial charge in [-0.05, 0) is 42.0 Å². The van der Waals surface area contributed by atoms with Crippen molar-refractivity contribution in [1.82, 2.24) is 0 Å². The lowest BCUT2D eigenvalue weighted by Crippen LogP contribution is -1.98. The average Bonchev–Trinajstić information content (AvgIpc) is 2.86. The fourth-order valence-electron chi connectivity index (χ4n) is 2.46. The van der Waals surface area contributed by atoms with Crippen LogP contribution in [-0.4, -0.2) is 0 Å². The van der Waals surface area contributed by atoms with E-state index in [2.05, 4.69) is 30.3 Å². The van der Waals surface area contributed by atoms with Gasteiger partial charge in [0.1, 0.15) is 12.4 Å². The Morgan fingerprint density at radius 3 is 2.65 bits per heavy atom. The number of benzene rings is 2. The van der Waals surface area contributed by atoms with E-state index in [9.17, 15) is 0 Å². The number of hydrogen-bond donors (Lipinski definition) is 0. The lowest BCUT2D eigenvalue weighted by atomic mass is 10.1. The molecule has 1 heteroatoms. The molecule has 0 saturated carbocycles. The van der Waals surface area contributed by atoms with Gasteiger partial charge >= 0.3 is 0 Å². The molecular formula is C16H16O. The lowest BCUT2D eigenvalue weighted by molar-refractivity contribution is 0.303. The topological polar surface area (TPSA) is 9.23 Å². The maximum absolute atomic E-state index is 5.93. The van der Waals surface area contributed by atoms with Crippen LogP contribution in [-0.2, 0) is 19.4 Å². The molecule has 0 heterocycles. The Hall–Kier alpha value is -1.76. The van der Waals surface area contributed by atoms with Gasteiger partial charge in [0.05, 0.1) is 0 Å². The van der Waals surface area contributed by atoms with Gasteiger partial charge in [-0.3, -0.25) is 0 Å². The highest BCUT2D eigenvalue weighted by Crippen LogP contribution is 2.30. The highest BCUT2D eigenvalue weighted by atomic mass is 16.5. The SMILES string of the molecule is c1ccc(COc2cccc3c2CCC3)cc1. The molecule has 17 heavy (non-hydrogen) atoms. The minimum absolute atomic E-state index is 0.664. The summed E-state index contributed by atoms with van der Waals surface area (Å²) < 4.78 is 5.93. The predicted octanol–water partition coefficient (Wildman–Crippen LogP) is 3.75. The normalized spacial score (nSPS) is 13.4. The summed E-state index contributed by atoms with van der Waals surface area (Å²) in [7, 11) is 0. The molecule has 0 saturated heterocycles. The minimum atomic E-state index is 0.664. The third-order valence-corrected chi connectivity index (χ3v) is 3.34. The molecule has 2 aromatic carbocycles. The second-order valence-corrected chi connectivity index (χ2v) is 4.52. The van der Waals surface area contributed by atoms with Gasteiger partial charge in [0.15, 0.2) is 0 Å². The highest BCUT2D eigenvalue weighted by molar-refractivity contribution is 5.43. The number of fused-ring (bicyclic) bond motifs is 1. The zero-order valence-electron chi connectivity index (χ0n) is 9.86. The van der Waals surface area contributed by atoms with Crippen LogP contribution >= 0.6 is 0 Å². The van der Waals surface area contributed by atoms with Crippen LogP contribution in [0, 0.1) is 0 Å². The summed E-state index contributed by atoms with van der Waals surface area (Å²) in [5.74, 6) is 1.07. The van der Waals surface area contributed by atoms with Gasteiger partial charge in [0, 0.05) is 0 Å². The number of ether oxygens (including phenoxy) is 1. The molecular weight excluding hydrogens is 208 g/mol. The molecule has 3 rings (SSSR count). The van der Waals surface area contributed by atoms with Crippen LogP contribution in [0.15, 0.2) is 48.5 Å². The number of aryl methyl sites for hydroxylation is 1. The maximum Gasteiger partial charge on any atom is 0.123 e. The molecule has 0 aliphatic heterocycles. The van der Waals surface area contributed by atoms with Crippen molar-refractivity contribution in [1.29, 1.82) is 0 Å². The largest absolute Gasteiger partial charge is 0.489 e. The van der Waals surface area contributed by atoms with E-state index in [1.54, 1.807) is 0 Å². The molecule has 1 aliphatic rings.